The third-order valence-corrected chi connectivity index (χ3v) is 2.61. The Bertz CT molecular complexity index is 644. The van der Waals surface area contributed by atoms with Gasteiger partial charge >= 0.3 is 6.18 Å². The van der Waals surface area contributed by atoms with Gasteiger partial charge in [0.1, 0.15) is 16.4 Å². The van der Waals surface area contributed by atoms with Crippen LogP contribution in [0.15, 0.2) is 42.6 Å². The number of nitrogens with zero attached hydrogens (tertiary/aromatic N) is 1. The van der Waals surface area contributed by atoms with E-state index >= 15 is 0 Å². The van der Waals surface area contributed by atoms with Crippen LogP contribution in [0.1, 0.15) is 11.3 Å². The molecule has 0 atom stereocenters. The van der Waals surface area contributed by atoms with Crippen molar-refractivity contribution in [3.05, 3.63) is 53.9 Å². The summed E-state index contributed by atoms with van der Waals surface area (Å²) in [6.07, 6.45) is -3.08. The predicted octanol–water partition coefficient (Wildman–Crippen LogP) is 3.53. The lowest BCUT2D eigenvalue weighted by molar-refractivity contribution is -0.138. The molecule has 0 aliphatic carbocycles. The summed E-state index contributed by atoms with van der Waals surface area (Å²) < 4.78 is 43.9. The van der Waals surface area contributed by atoms with Crippen LogP contribution in [0.2, 0.25) is 0 Å². The van der Waals surface area contributed by atoms with Crippen molar-refractivity contribution >= 4 is 17.2 Å². The third-order valence-electron chi connectivity index (χ3n) is 2.42. The van der Waals surface area contributed by atoms with Crippen molar-refractivity contribution in [1.29, 1.82) is 0 Å². The molecule has 0 saturated heterocycles. The first-order valence-electron chi connectivity index (χ1n) is 5.48. The molecule has 104 valence electrons. The SMILES string of the molecule is NC(=S)c1ncccc1Oc1ccccc1C(F)(F)F. The Labute approximate surface area is 118 Å². The summed E-state index contributed by atoms with van der Waals surface area (Å²) in [4.78, 5) is 3.84. The molecule has 1 aromatic heterocycles. The monoisotopic (exact) mass is 298 g/mol. The molecule has 3 nitrogen and oxygen atoms in total. The summed E-state index contributed by atoms with van der Waals surface area (Å²) in [5.74, 6) is -0.248. The van der Waals surface area contributed by atoms with Crippen molar-refractivity contribution in [2.45, 2.75) is 6.18 Å². The molecular formula is C13H9F3N2OS. The molecule has 20 heavy (non-hydrogen) atoms. The van der Waals surface area contributed by atoms with Gasteiger partial charge in [0.25, 0.3) is 0 Å². The number of aromatic nitrogens is 1. The number of benzene rings is 1. The maximum absolute atomic E-state index is 12.9. The minimum Gasteiger partial charge on any atom is -0.454 e. The van der Waals surface area contributed by atoms with Crippen molar-refractivity contribution in [3.63, 3.8) is 0 Å². The second kappa shape index (κ2) is 5.46. The van der Waals surface area contributed by atoms with Crippen molar-refractivity contribution in [1.82, 2.24) is 4.98 Å². The molecule has 1 heterocycles. The lowest BCUT2D eigenvalue weighted by Crippen LogP contribution is -2.13. The van der Waals surface area contributed by atoms with Crippen LogP contribution >= 0.6 is 12.2 Å². The van der Waals surface area contributed by atoms with E-state index in [1.807, 2.05) is 0 Å². The molecule has 2 rings (SSSR count). The van der Waals surface area contributed by atoms with Gasteiger partial charge < -0.3 is 10.5 Å². The number of para-hydroxylation sites is 1. The number of pyridine rings is 1. The summed E-state index contributed by atoms with van der Waals surface area (Å²) in [5, 5.41) is 0. The van der Waals surface area contributed by atoms with E-state index in [9.17, 15) is 13.2 Å². The van der Waals surface area contributed by atoms with Gasteiger partial charge in [0.05, 0.1) is 5.56 Å². The van der Waals surface area contributed by atoms with E-state index in [0.717, 1.165) is 6.07 Å². The van der Waals surface area contributed by atoms with E-state index < -0.39 is 11.7 Å². The highest BCUT2D eigenvalue weighted by Gasteiger charge is 2.34. The average molecular weight is 298 g/mol. The van der Waals surface area contributed by atoms with Gasteiger partial charge in [-0.15, -0.1) is 0 Å². The molecule has 0 unspecified atom stereocenters. The first-order valence-corrected chi connectivity index (χ1v) is 5.89. The van der Waals surface area contributed by atoms with Gasteiger partial charge in [-0.1, -0.05) is 24.4 Å². The summed E-state index contributed by atoms with van der Waals surface area (Å²) >= 11 is 4.79. The quantitative estimate of drug-likeness (QED) is 0.881. The van der Waals surface area contributed by atoms with Crippen LogP contribution in [0, 0.1) is 0 Å². The van der Waals surface area contributed by atoms with Crippen LogP contribution in [0.4, 0.5) is 13.2 Å². The molecule has 0 fully saturated rings. The number of rotatable bonds is 3. The van der Waals surface area contributed by atoms with Gasteiger partial charge in [0.2, 0.25) is 0 Å². The smallest absolute Gasteiger partial charge is 0.419 e. The zero-order chi connectivity index (χ0) is 14.8. The van der Waals surface area contributed by atoms with E-state index in [-0.39, 0.29) is 22.2 Å². The fourth-order valence-corrected chi connectivity index (χ4v) is 1.72. The normalized spacial score (nSPS) is 11.2. The van der Waals surface area contributed by atoms with Crippen LogP contribution < -0.4 is 10.5 Å². The molecule has 0 radical (unpaired) electrons. The van der Waals surface area contributed by atoms with Crippen molar-refractivity contribution in [2.75, 3.05) is 0 Å². The zero-order valence-electron chi connectivity index (χ0n) is 10.0. The maximum Gasteiger partial charge on any atom is 0.419 e. The predicted molar refractivity (Wildman–Crippen MR) is 71.6 cm³/mol. The van der Waals surface area contributed by atoms with Crippen LogP contribution in [0.3, 0.4) is 0 Å². The van der Waals surface area contributed by atoms with Crippen molar-refractivity contribution in [3.8, 4) is 11.5 Å². The Kier molecular flexibility index (Phi) is 3.89. The van der Waals surface area contributed by atoms with Gasteiger partial charge in [0.15, 0.2) is 5.75 Å². The van der Waals surface area contributed by atoms with Gasteiger partial charge in [-0.2, -0.15) is 13.2 Å². The van der Waals surface area contributed by atoms with Crippen LogP contribution in [0.25, 0.3) is 0 Å². The summed E-state index contributed by atoms with van der Waals surface area (Å²) in [7, 11) is 0. The molecular weight excluding hydrogens is 289 g/mol. The molecule has 0 amide bonds. The van der Waals surface area contributed by atoms with Crippen LogP contribution in [-0.2, 0) is 6.18 Å². The number of thiocarbonyl (C=S) groups is 1. The van der Waals surface area contributed by atoms with Gasteiger partial charge in [-0.3, -0.25) is 0 Å². The number of hydrogen-bond donors (Lipinski definition) is 1. The van der Waals surface area contributed by atoms with Crippen molar-refractivity contribution in [2.24, 2.45) is 5.73 Å². The second-order valence-corrected chi connectivity index (χ2v) is 4.25. The van der Waals surface area contributed by atoms with Crippen LogP contribution in [0.5, 0.6) is 11.5 Å². The van der Waals surface area contributed by atoms with Crippen molar-refractivity contribution < 1.29 is 17.9 Å². The topological polar surface area (TPSA) is 48.1 Å². The van der Waals surface area contributed by atoms with Gasteiger partial charge in [-0.25, -0.2) is 4.98 Å². The number of alkyl halides is 3. The molecule has 0 bridgehead atoms. The molecule has 0 aliphatic rings. The highest BCUT2D eigenvalue weighted by atomic mass is 32.1. The number of halogens is 3. The van der Waals surface area contributed by atoms with Gasteiger partial charge in [0, 0.05) is 6.20 Å². The highest BCUT2D eigenvalue weighted by molar-refractivity contribution is 7.80. The minimum absolute atomic E-state index is 0.0508. The minimum atomic E-state index is -4.51. The molecule has 2 N–H and O–H groups in total. The van der Waals surface area contributed by atoms with Gasteiger partial charge in [-0.05, 0) is 24.3 Å². The van der Waals surface area contributed by atoms with E-state index in [4.69, 9.17) is 22.7 Å². The summed E-state index contributed by atoms with van der Waals surface area (Å²) in [6.45, 7) is 0. The highest BCUT2D eigenvalue weighted by Crippen LogP contribution is 2.38. The Balaban J connectivity index is 2.44. The Hall–Kier alpha value is -2.15. The van der Waals surface area contributed by atoms with E-state index in [0.29, 0.717) is 0 Å². The zero-order valence-corrected chi connectivity index (χ0v) is 10.8. The number of hydrogen-bond acceptors (Lipinski definition) is 3. The Morgan fingerprint density at radius 1 is 1.10 bits per heavy atom. The maximum atomic E-state index is 12.9. The summed E-state index contributed by atoms with van der Waals surface area (Å²) in [5.41, 5.74) is 4.72. The molecule has 0 aliphatic heterocycles. The van der Waals surface area contributed by atoms with E-state index in [1.54, 1.807) is 0 Å². The Morgan fingerprint density at radius 3 is 2.40 bits per heavy atom. The fourth-order valence-electron chi connectivity index (χ4n) is 1.57. The first-order chi connectivity index (χ1) is 9.39. The molecule has 0 saturated carbocycles. The molecule has 0 spiro atoms. The second-order valence-electron chi connectivity index (χ2n) is 3.81. The molecule has 2 aromatic rings. The van der Waals surface area contributed by atoms with E-state index in [2.05, 4.69) is 4.98 Å². The number of nitrogens with two attached hydrogens (primary N) is 1. The summed E-state index contributed by atoms with van der Waals surface area (Å²) in [6, 6.07) is 7.86. The Morgan fingerprint density at radius 2 is 1.75 bits per heavy atom. The third kappa shape index (κ3) is 3.05. The molecule has 1 aromatic carbocycles. The van der Waals surface area contributed by atoms with E-state index in [1.165, 1.54) is 36.5 Å². The largest absolute Gasteiger partial charge is 0.454 e. The van der Waals surface area contributed by atoms with Crippen LogP contribution in [-0.4, -0.2) is 9.97 Å². The fraction of sp³-hybridized carbons (Fsp3) is 0.0769. The lowest BCUT2D eigenvalue weighted by Gasteiger charge is -2.14. The lowest BCUT2D eigenvalue weighted by atomic mass is 10.2. The first kappa shape index (κ1) is 14.3. The average Bonchev–Trinajstić information content (AvgIpc) is 2.38. The molecule has 7 heteroatoms. The standard InChI is InChI=1S/C13H9F3N2OS/c14-13(15,16)8-4-1-2-5-9(8)19-10-6-3-7-18-11(10)12(17)20/h1-7H,(H2,17,20). The number of ether oxygens (including phenoxy) is 1.